The number of hydrogen-bond donors (Lipinski definition) is 0. The Hall–Kier alpha value is -1.62. The SMILES string of the molecule is Brc1ccc(OCCN2CCN(C/C=C/c3ccccc3)CC2)cc1. The summed E-state index contributed by atoms with van der Waals surface area (Å²) in [5.41, 5.74) is 1.27. The van der Waals surface area contributed by atoms with E-state index in [1.807, 2.05) is 24.3 Å². The summed E-state index contributed by atoms with van der Waals surface area (Å²) in [6.07, 6.45) is 4.47. The molecule has 0 saturated carbocycles. The lowest BCUT2D eigenvalue weighted by atomic mass is 10.2. The van der Waals surface area contributed by atoms with Gasteiger partial charge in [0.25, 0.3) is 0 Å². The summed E-state index contributed by atoms with van der Waals surface area (Å²) >= 11 is 3.44. The zero-order chi connectivity index (χ0) is 17.3. The number of ether oxygens (including phenoxy) is 1. The van der Waals surface area contributed by atoms with E-state index >= 15 is 0 Å². The molecule has 0 radical (unpaired) electrons. The predicted octanol–water partition coefficient (Wildman–Crippen LogP) is 4.16. The standard InChI is InChI=1S/C21H25BrN2O/c22-20-8-10-21(11-9-20)25-18-17-24-15-13-23(14-16-24)12-4-7-19-5-2-1-3-6-19/h1-11H,12-18H2/b7-4+. The van der Waals surface area contributed by atoms with E-state index in [9.17, 15) is 0 Å². The Balaban J connectivity index is 1.32. The molecule has 2 aromatic rings. The summed E-state index contributed by atoms with van der Waals surface area (Å²) in [5.74, 6) is 0.938. The summed E-state index contributed by atoms with van der Waals surface area (Å²) in [5, 5.41) is 0. The zero-order valence-electron chi connectivity index (χ0n) is 14.5. The Morgan fingerprint density at radius 2 is 1.56 bits per heavy atom. The van der Waals surface area contributed by atoms with Crippen molar-refractivity contribution < 1.29 is 4.74 Å². The van der Waals surface area contributed by atoms with Crippen molar-refractivity contribution in [1.29, 1.82) is 0 Å². The second kappa shape index (κ2) is 9.76. The van der Waals surface area contributed by atoms with Gasteiger partial charge >= 0.3 is 0 Å². The van der Waals surface area contributed by atoms with Crippen LogP contribution in [0.15, 0.2) is 65.1 Å². The van der Waals surface area contributed by atoms with Gasteiger partial charge in [-0.15, -0.1) is 0 Å². The Kier molecular flexibility index (Phi) is 7.10. The molecule has 1 aliphatic rings. The number of benzene rings is 2. The molecule has 0 atom stereocenters. The van der Waals surface area contributed by atoms with Gasteiger partial charge in [-0.25, -0.2) is 0 Å². The number of hydrogen-bond acceptors (Lipinski definition) is 3. The van der Waals surface area contributed by atoms with Crippen LogP contribution in [-0.4, -0.2) is 55.7 Å². The number of rotatable bonds is 7. The second-order valence-electron chi connectivity index (χ2n) is 6.26. The van der Waals surface area contributed by atoms with Crippen LogP contribution in [0.25, 0.3) is 6.08 Å². The van der Waals surface area contributed by atoms with Crippen molar-refractivity contribution in [2.75, 3.05) is 45.9 Å². The molecule has 0 aliphatic carbocycles. The average Bonchev–Trinajstić information content (AvgIpc) is 2.66. The molecule has 0 unspecified atom stereocenters. The van der Waals surface area contributed by atoms with Gasteiger partial charge in [0, 0.05) is 43.7 Å². The van der Waals surface area contributed by atoms with Crippen LogP contribution >= 0.6 is 15.9 Å². The van der Waals surface area contributed by atoms with Crippen molar-refractivity contribution in [1.82, 2.24) is 9.80 Å². The summed E-state index contributed by atoms with van der Waals surface area (Å²) in [6, 6.07) is 18.5. The van der Waals surface area contributed by atoms with Gasteiger partial charge in [-0.1, -0.05) is 58.4 Å². The maximum atomic E-state index is 5.82. The highest BCUT2D eigenvalue weighted by Gasteiger charge is 2.15. The van der Waals surface area contributed by atoms with Crippen molar-refractivity contribution >= 4 is 22.0 Å². The van der Waals surface area contributed by atoms with Gasteiger partial charge in [0.2, 0.25) is 0 Å². The van der Waals surface area contributed by atoms with E-state index in [0.717, 1.165) is 56.1 Å². The minimum atomic E-state index is 0.746. The van der Waals surface area contributed by atoms with Crippen LogP contribution < -0.4 is 4.74 Å². The Bertz CT molecular complexity index is 649. The smallest absolute Gasteiger partial charge is 0.119 e. The van der Waals surface area contributed by atoms with Gasteiger partial charge < -0.3 is 4.74 Å². The fraction of sp³-hybridized carbons (Fsp3) is 0.333. The van der Waals surface area contributed by atoms with Gasteiger partial charge in [0.1, 0.15) is 12.4 Å². The van der Waals surface area contributed by atoms with E-state index in [1.54, 1.807) is 0 Å². The lowest BCUT2D eigenvalue weighted by Gasteiger charge is -2.34. The van der Waals surface area contributed by atoms with Crippen LogP contribution in [0, 0.1) is 0 Å². The molecule has 1 saturated heterocycles. The minimum Gasteiger partial charge on any atom is -0.492 e. The first-order chi connectivity index (χ1) is 12.3. The molecule has 0 N–H and O–H groups in total. The van der Waals surface area contributed by atoms with Gasteiger partial charge in [-0.3, -0.25) is 9.80 Å². The quantitative estimate of drug-likeness (QED) is 0.693. The first-order valence-corrected chi connectivity index (χ1v) is 9.63. The van der Waals surface area contributed by atoms with Crippen molar-refractivity contribution in [2.24, 2.45) is 0 Å². The number of nitrogens with zero attached hydrogens (tertiary/aromatic N) is 2. The largest absolute Gasteiger partial charge is 0.492 e. The molecule has 1 fully saturated rings. The molecule has 0 spiro atoms. The van der Waals surface area contributed by atoms with Crippen molar-refractivity contribution in [3.63, 3.8) is 0 Å². The first kappa shape index (κ1) is 18.2. The lowest BCUT2D eigenvalue weighted by molar-refractivity contribution is 0.125. The maximum absolute atomic E-state index is 5.82. The van der Waals surface area contributed by atoms with Crippen LogP contribution in [-0.2, 0) is 0 Å². The molecule has 0 aromatic heterocycles. The van der Waals surface area contributed by atoms with Gasteiger partial charge in [-0.05, 0) is 29.8 Å². The van der Waals surface area contributed by atoms with E-state index in [0.29, 0.717) is 0 Å². The van der Waals surface area contributed by atoms with Crippen LogP contribution in [0.2, 0.25) is 0 Å². The molecule has 3 nitrogen and oxygen atoms in total. The van der Waals surface area contributed by atoms with Crippen LogP contribution in [0.4, 0.5) is 0 Å². The third-order valence-corrected chi connectivity index (χ3v) is 4.96. The highest BCUT2D eigenvalue weighted by atomic mass is 79.9. The molecule has 132 valence electrons. The summed E-state index contributed by atoms with van der Waals surface area (Å²) in [6.45, 7) is 7.23. The third-order valence-electron chi connectivity index (χ3n) is 4.43. The maximum Gasteiger partial charge on any atom is 0.119 e. The van der Waals surface area contributed by atoms with Gasteiger partial charge in [0.15, 0.2) is 0 Å². The second-order valence-corrected chi connectivity index (χ2v) is 7.17. The van der Waals surface area contributed by atoms with Crippen LogP contribution in [0.1, 0.15) is 5.56 Å². The predicted molar refractivity (Wildman–Crippen MR) is 108 cm³/mol. The normalized spacial score (nSPS) is 16.4. The average molecular weight is 401 g/mol. The molecule has 1 heterocycles. The number of halogens is 1. The lowest BCUT2D eigenvalue weighted by Crippen LogP contribution is -2.47. The Morgan fingerprint density at radius 3 is 2.28 bits per heavy atom. The van der Waals surface area contributed by atoms with Crippen molar-refractivity contribution in [2.45, 2.75) is 0 Å². The zero-order valence-corrected chi connectivity index (χ0v) is 16.1. The van der Waals surface area contributed by atoms with E-state index in [2.05, 4.69) is 68.2 Å². The molecule has 1 aliphatic heterocycles. The van der Waals surface area contributed by atoms with E-state index in [1.165, 1.54) is 5.56 Å². The van der Waals surface area contributed by atoms with E-state index in [4.69, 9.17) is 4.74 Å². The third kappa shape index (κ3) is 6.31. The number of piperazine rings is 1. The molecule has 0 amide bonds. The fourth-order valence-corrected chi connectivity index (χ4v) is 3.19. The fourth-order valence-electron chi connectivity index (χ4n) is 2.92. The van der Waals surface area contributed by atoms with Crippen molar-refractivity contribution in [3.05, 3.63) is 70.7 Å². The summed E-state index contributed by atoms with van der Waals surface area (Å²) < 4.78 is 6.90. The molecular weight excluding hydrogens is 376 g/mol. The van der Waals surface area contributed by atoms with Gasteiger partial charge in [0.05, 0.1) is 0 Å². The highest BCUT2D eigenvalue weighted by molar-refractivity contribution is 9.10. The topological polar surface area (TPSA) is 15.7 Å². The molecule has 0 bridgehead atoms. The Labute approximate surface area is 159 Å². The molecule has 25 heavy (non-hydrogen) atoms. The van der Waals surface area contributed by atoms with E-state index < -0.39 is 0 Å². The molecule has 2 aromatic carbocycles. The van der Waals surface area contributed by atoms with Gasteiger partial charge in [-0.2, -0.15) is 0 Å². The first-order valence-electron chi connectivity index (χ1n) is 8.84. The minimum absolute atomic E-state index is 0.746. The van der Waals surface area contributed by atoms with Crippen molar-refractivity contribution in [3.8, 4) is 5.75 Å². The summed E-state index contributed by atoms with van der Waals surface area (Å²) in [7, 11) is 0. The highest BCUT2D eigenvalue weighted by Crippen LogP contribution is 2.16. The monoisotopic (exact) mass is 400 g/mol. The van der Waals surface area contributed by atoms with Crippen LogP contribution in [0.3, 0.4) is 0 Å². The molecular formula is C21H25BrN2O. The van der Waals surface area contributed by atoms with Crippen LogP contribution in [0.5, 0.6) is 5.75 Å². The van der Waals surface area contributed by atoms with E-state index in [-0.39, 0.29) is 0 Å². The Morgan fingerprint density at radius 1 is 0.880 bits per heavy atom. The molecule has 4 heteroatoms. The molecule has 3 rings (SSSR count). The summed E-state index contributed by atoms with van der Waals surface area (Å²) in [4.78, 5) is 4.99.